The highest BCUT2D eigenvalue weighted by atomic mass is 35.5. The Balaban J connectivity index is 0.000000194. The quantitative estimate of drug-likeness (QED) is 0.216. The van der Waals surface area contributed by atoms with Crippen molar-refractivity contribution in [2.45, 2.75) is 26.7 Å². The van der Waals surface area contributed by atoms with Gasteiger partial charge in [-0.15, -0.1) is 16.4 Å². The van der Waals surface area contributed by atoms with E-state index < -0.39 is 0 Å². The molecule has 2 aromatic carbocycles. The number of ether oxygens (including phenoxy) is 1. The van der Waals surface area contributed by atoms with Gasteiger partial charge in [-0.05, 0) is 54.8 Å². The topological polar surface area (TPSA) is 138 Å². The van der Waals surface area contributed by atoms with Crippen molar-refractivity contribution in [3.8, 4) is 39.6 Å². The number of aliphatic hydroxyl groups is 1. The number of nitrogens with zero attached hydrogens (tertiary/aromatic N) is 7. The lowest BCUT2D eigenvalue weighted by molar-refractivity contribution is 0.253. The molecule has 0 radical (unpaired) electrons. The maximum atomic E-state index is 8.74. The first kappa shape index (κ1) is 27.5. The molecular formula is C26H21Cl2N7O4S. The Morgan fingerprint density at radius 3 is 2.08 bits per heavy atom. The Labute approximate surface area is 242 Å². The first-order valence-corrected chi connectivity index (χ1v) is 13.6. The standard InChI is InChI=1S/C17H14ClN5O2S.C9H7ClN2O2/c1-2-23-15(13-7-4-8-26-13)20-21-17(23)24-10-14-19-16(25-22-14)11-5-3-6-12(18)9-11;10-7-3-1-2-6(4-7)9-11-8(5-13)12-14-9/h3-9H,2,10H2,1H3;1-4,13H,5H2. The van der Waals surface area contributed by atoms with Gasteiger partial charge < -0.3 is 18.9 Å². The molecule has 0 aliphatic heterocycles. The van der Waals surface area contributed by atoms with E-state index in [-0.39, 0.29) is 19.0 Å². The van der Waals surface area contributed by atoms with Crippen LogP contribution in [-0.2, 0) is 19.8 Å². The summed E-state index contributed by atoms with van der Waals surface area (Å²) >= 11 is 13.4. The smallest absolute Gasteiger partial charge is 0.317 e. The first-order chi connectivity index (χ1) is 19.5. The molecule has 0 spiro atoms. The molecule has 0 atom stereocenters. The Bertz CT molecular complexity index is 1680. The summed E-state index contributed by atoms with van der Waals surface area (Å²) in [6.07, 6.45) is 0. The SMILES string of the molecule is CCn1c(OCc2noc(-c3cccc(Cl)c3)n2)nnc1-c1cccs1.OCc1noc(-c2cccc(Cl)c2)n1. The highest BCUT2D eigenvalue weighted by Gasteiger charge is 2.16. The second-order valence-electron chi connectivity index (χ2n) is 8.03. The van der Waals surface area contributed by atoms with Crippen LogP contribution in [0.4, 0.5) is 0 Å². The molecule has 6 aromatic rings. The fraction of sp³-hybridized carbons (Fsp3) is 0.154. The lowest BCUT2D eigenvalue weighted by Gasteiger charge is -2.06. The molecule has 4 heterocycles. The predicted octanol–water partition coefficient (Wildman–Crippen LogP) is 6.19. The van der Waals surface area contributed by atoms with Crippen LogP contribution in [0.2, 0.25) is 10.0 Å². The molecule has 1 N–H and O–H groups in total. The van der Waals surface area contributed by atoms with Gasteiger partial charge in [-0.2, -0.15) is 9.97 Å². The third-order valence-electron chi connectivity index (χ3n) is 5.33. The van der Waals surface area contributed by atoms with Gasteiger partial charge in [-0.3, -0.25) is 4.57 Å². The van der Waals surface area contributed by atoms with Gasteiger partial charge in [0.25, 0.3) is 11.8 Å². The summed E-state index contributed by atoms with van der Waals surface area (Å²) in [6.45, 7) is 2.60. The molecule has 0 saturated carbocycles. The fourth-order valence-electron chi connectivity index (χ4n) is 3.51. The van der Waals surface area contributed by atoms with E-state index >= 15 is 0 Å². The lowest BCUT2D eigenvalue weighted by atomic mass is 10.2. The predicted molar refractivity (Wildman–Crippen MR) is 149 cm³/mol. The molecule has 14 heteroatoms. The Kier molecular flexibility index (Phi) is 8.81. The van der Waals surface area contributed by atoms with E-state index in [1.807, 2.05) is 41.1 Å². The number of benzene rings is 2. The third kappa shape index (κ3) is 6.54. The maximum Gasteiger partial charge on any atom is 0.317 e. The van der Waals surface area contributed by atoms with Crippen molar-refractivity contribution in [1.82, 2.24) is 35.0 Å². The van der Waals surface area contributed by atoms with Crippen LogP contribution in [-0.4, -0.2) is 40.2 Å². The van der Waals surface area contributed by atoms with Crippen molar-refractivity contribution in [3.05, 3.63) is 87.7 Å². The van der Waals surface area contributed by atoms with Crippen LogP contribution >= 0.6 is 34.5 Å². The Morgan fingerprint density at radius 1 is 0.875 bits per heavy atom. The number of halogens is 2. The summed E-state index contributed by atoms with van der Waals surface area (Å²) in [6, 6.07) is 18.7. The van der Waals surface area contributed by atoms with Crippen LogP contribution in [0.3, 0.4) is 0 Å². The minimum absolute atomic E-state index is 0.132. The first-order valence-electron chi connectivity index (χ1n) is 11.9. The van der Waals surface area contributed by atoms with Gasteiger partial charge in [0.2, 0.25) is 5.82 Å². The summed E-state index contributed by atoms with van der Waals surface area (Å²) in [5.41, 5.74) is 1.50. The maximum absolute atomic E-state index is 8.74. The van der Waals surface area contributed by atoms with E-state index in [4.69, 9.17) is 42.1 Å². The summed E-state index contributed by atoms with van der Waals surface area (Å²) in [5.74, 6) is 2.22. The van der Waals surface area contributed by atoms with Gasteiger partial charge in [-0.25, -0.2) is 0 Å². The molecule has 0 amide bonds. The van der Waals surface area contributed by atoms with Crippen molar-refractivity contribution in [1.29, 1.82) is 0 Å². The van der Waals surface area contributed by atoms with E-state index in [1.54, 1.807) is 47.7 Å². The summed E-state index contributed by atoms with van der Waals surface area (Å²) < 4.78 is 17.8. The molecular weight excluding hydrogens is 577 g/mol. The minimum atomic E-state index is -0.232. The van der Waals surface area contributed by atoms with Gasteiger partial charge in [0.05, 0.1) is 4.88 Å². The Morgan fingerprint density at radius 2 is 1.52 bits per heavy atom. The molecule has 6 rings (SSSR count). The summed E-state index contributed by atoms with van der Waals surface area (Å²) in [7, 11) is 0. The molecule has 0 aliphatic carbocycles. The monoisotopic (exact) mass is 597 g/mol. The number of hydrogen-bond acceptors (Lipinski definition) is 11. The van der Waals surface area contributed by atoms with Crippen LogP contribution in [0.1, 0.15) is 18.6 Å². The van der Waals surface area contributed by atoms with Gasteiger partial charge in [-0.1, -0.05) is 56.8 Å². The Hall–Kier alpha value is -4.10. The van der Waals surface area contributed by atoms with Crippen molar-refractivity contribution in [2.24, 2.45) is 0 Å². The zero-order chi connectivity index (χ0) is 27.9. The van der Waals surface area contributed by atoms with Crippen LogP contribution in [0.15, 0.2) is 75.1 Å². The van der Waals surface area contributed by atoms with Gasteiger partial charge in [0.15, 0.2) is 18.3 Å². The van der Waals surface area contributed by atoms with E-state index in [0.29, 0.717) is 40.2 Å². The van der Waals surface area contributed by atoms with Crippen LogP contribution in [0.5, 0.6) is 6.01 Å². The second-order valence-corrected chi connectivity index (χ2v) is 9.85. The minimum Gasteiger partial charge on any atom is -0.455 e. The molecule has 0 fully saturated rings. The third-order valence-corrected chi connectivity index (χ3v) is 6.66. The number of rotatable bonds is 8. The largest absolute Gasteiger partial charge is 0.455 e. The molecule has 4 aromatic heterocycles. The number of thiophene rings is 1. The molecule has 40 heavy (non-hydrogen) atoms. The highest BCUT2D eigenvalue weighted by molar-refractivity contribution is 7.13. The van der Waals surface area contributed by atoms with E-state index in [2.05, 4.69) is 30.5 Å². The number of hydrogen-bond donors (Lipinski definition) is 1. The zero-order valence-corrected chi connectivity index (χ0v) is 23.3. The van der Waals surface area contributed by atoms with Crippen LogP contribution < -0.4 is 4.74 Å². The zero-order valence-electron chi connectivity index (χ0n) is 20.9. The van der Waals surface area contributed by atoms with Gasteiger partial charge in [0, 0.05) is 27.7 Å². The molecule has 0 aliphatic rings. The van der Waals surface area contributed by atoms with Crippen molar-refractivity contribution >= 4 is 34.5 Å². The number of aliphatic hydroxyl groups excluding tert-OH is 1. The van der Waals surface area contributed by atoms with Crippen molar-refractivity contribution in [3.63, 3.8) is 0 Å². The lowest BCUT2D eigenvalue weighted by Crippen LogP contribution is -2.05. The van der Waals surface area contributed by atoms with Gasteiger partial charge in [0.1, 0.15) is 6.61 Å². The van der Waals surface area contributed by atoms with E-state index in [0.717, 1.165) is 21.8 Å². The molecule has 0 bridgehead atoms. The molecule has 0 unspecified atom stereocenters. The van der Waals surface area contributed by atoms with Gasteiger partial charge >= 0.3 is 6.01 Å². The second kappa shape index (κ2) is 12.8. The highest BCUT2D eigenvalue weighted by Crippen LogP contribution is 2.26. The summed E-state index contributed by atoms with van der Waals surface area (Å²) in [5, 5.41) is 27.8. The fourth-order valence-corrected chi connectivity index (χ4v) is 4.60. The van der Waals surface area contributed by atoms with Crippen molar-refractivity contribution < 1.29 is 18.9 Å². The van der Waals surface area contributed by atoms with Crippen LogP contribution in [0, 0.1) is 0 Å². The van der Waals surface area contributed by atoms with Crippen molar-refractivity contribution in [2.75, 3.05) is 0 Å². The summed E-state index contributed by atoms with van der Waals surface area (Å²) in [4.78, 5) is 9.32. The normalized spacial score (nSPS) is 10.8. The molecule has 11 nitrogen and oxygen atoms in total. The van der Waals surface area contributed by atoms with Crippen LogP contribution in [0.25, 0.3) is 33.6 Å². The average Bonchev–Trinajstić information content (AvgIpc) is 3.79. The van der Waals surface area contributed by atoms with E-state index in [1.165, 1.54) is 0 Å². The van der Waals surface area contributed by atoms with E-state index in [9.17, 15) is 0 Å². The number of aromatic nitrogens is 7. The molecule has 204 valence electrons. The average molecular weight is 598 g/mol. The molecule has 0 saturated heterocycles.